The van der Waals surface area contributed by atoms with Crippen molar-refractivity contribution >= 4 is 41.5 Å². The molecule has 5 unspecified atom stereocenters. The lowest BCUT2D eigenvalue weighted by Gasteiger charge is -2.25. The van der Waals surface area contributed by atoms with Gasteiger partial charge in [0.2, 0.25) is 23.6 Å². The molecule has 0 spiro atoms. The van der Waals surface area contributed by atoms with Crippen molar-refractivity contribution in [1.82, 2.24) is 16.0 Å². The second kappa shape index (κ2) is 15.8. The van der Waals surface area contributed by atoms with Crippen LogP contribution in [-0.2, 0) is 28.8 Å². The van der Waals surface area contributed by atoms with Gasteiger partial charge in [0.1, 0.15) is 12.1 Å². The first-order valence-corrected chi connectivity index (χ1v) is 10.8. The van der Waals surface area contributed by atoms with Crippen LogP contribution in [-0.4, -0.2) is 93.7 Å². The highest BCUT2D eigenvalue weighted by Crippen LogP contribution is 2.05. The van der Waals surface area contributed by atoms with Crippen LogP contribution in [0.2, 0.25) is 0 Å². The standard InChI is InChI=1S/C19H34N8O9/c1-8(28)14(18(35)36)27-17(34)10(3-2-6-24-19(22)23)26-16(33)11(4-5-12(21)29)25-15(32)9(20)7-13(30)31/h8-11,14,28H,2-7,20H2,1H3,(H2,21,29)(H,25,32)(H,26,33)(H,27,34)(H,30,31)(H,35,36)(H4,22,23,24). The van der Waals surface area contributed by atoms with Crippen molar-refractivity contribution < 1.29 is 44.1 Å². The van der Waals surface area contributed by atoms with Crippen molar-refractivity contribution in [2.75, 3.05) is 6.54 Å². The van der Waals surface area contributed by atoms with Crippen molar-refractivity contribution in [3.8, 4) is 0 Å². The maximum Gasteiger partial charge on any atom is 0.328 e. The molecule has 0 aromatic heterocycles. The summed E-state index contributed by atoms with van der Waals surface area (Å²) in [6.07, 6.45) is -2.79. The first kappa shape index (κ1) is 32.0. The maximum atomic E-state index is 12.9. The molecule has 17 heteroatoms. The average Bonchev–Trinajstić information content (AvgIpc) is 2.75. The number of primary amides is 1. The van der Waals surface area contributed by atoms with E-state index < -0.39 is 72.3 Å². The second-order valence-electron chi connectivity index (χ2n) is 7.85. The largest absolute Gasteiger partial charge is 0.481 e. The topological polar surface area (TPSA) is 316 Å². The summed E-state index contributed by atoms with van der Waals surface area (Å²) in [5.41, 5.74) is 21.1. The number of nitrogens with one attached hydrogen (secondary N) is 3. The van der Waals surface area contributed by atoms with Gasteiger partial charge in [-0.1, -0.05) is 0 Å². The van der Waals surface area contributed by atoms with Crippen LogP contribution in [0.3, 0.4) is 0 Å². The number of carboxylic acid groups (broad SMARTS) is 2. The predicted octanol–water partition coefficient (Wildman–Crippen LogP) is -4.97. The summed E-state index contributed by atoms with van der Waals surface area (Å²) in [4.78, 5) is 74.9. The van der Waals surface area contributed by atoms with Crippen LogP contribution in [0.5, 0.6) is 0 Å². The number of aliphatic hydroxyl groups is 1. The van der Waals surface area contributed by atoms with Crippen molar-refractivity contribution in [1.29, 1.82) is 0 Å². The van der Waals surface area contributed by atoms with E-state index in [-0.39, 0.29) is 38.2 Å². The highest BCUT2D eigenvalue weighted by Gasteiger charge is 2.32. The van der Waals surface area contributed by atoms with Crippen LogP contribution in [0.15, 0.2) is 4.99 Å². The van der Waals surface area contributed by atoms with E-state index in [9.17, 15) is 39.0 Å². The van der Waals surface area contributed by atoms with E-state index in [1.165, 1.54) is 0 Å². The van der Waals surface area contributed by atoms with E-state index in [0.717, 1.165) is 6.92 Å². The highest BCUT2D eigenvalue weighted by molar-refractivity contribution is 5.95. The SMILES string of the molecule is CC(O)C(NC(=O)C(CCCN=C(N)N)NC(=O)C(CCC(N)=O)NC(=O)C(N)CC(=O)O)C(=O)O. The van der Waals surface area contributed by atoms with E-state index in [4.69, 9.17) is 28.0 Å². The smallest absolute Gasteiger partial charge is 0.328 e. The molecule has 0 aromatic rings. The molecule has 17 nitrogen and oxygen atoms in total. The fraction of sp³-hybridized carbons (Fsp3) is 0.632. The van der Waals surface area contributed by atoms with E-state index in [0.29, 0.717) is 0 Å². The average molecular weight is 519 g/mol. The normalized spacial score (nSPS) is 14.8. The summed E-state index contributed by atoms with van der Waals surface area (Å²) < 4.78 is 0. The van der Waals surface area contributed by atoms with Gasteiger partial charge in [0.05, 0.1) is 18.6 Å². The third-order valence-corrected chi connectivity index (χ3v) is 4.67. The number of amides is 4. The van der Waals surface area contributed by atoms with Gasteiger partial charge >= 0.3 is 11.9 Å². The Kier molecular flexibility index (Phi) is 14.1. The minimum atomic E-state index is -1.69. The van der Waals surface area contributed by atoms with Crippen LogP contribution in [0.25, 0.3) is 0 Å². The van der Waals surface area contributed by atoms with Gasteiger partial charge in [-0.2, -0.15) is 0 Å². The third kappa shape index (κ3) is 13.0. The molecule has 0 saturated carbocycles. The van der Waals surface area contributed by atoms with E-state index in [1.54, 1.807) is 0 Å². The molecular weight excluding hydrogens is 484 g/mol. The Bertz CT molecular complexity index is 845. The van der Waals surface area contributed by atoms with Gasteiger partial charge in [0.25, 0.3) is 0 Å². The van der Waals surface area contributed by atoms with Crippen molar-refractivity contribution in [3.05, 3.63) is 0 Å². The van der Waals surface area contributed by atoms with Gasteiger partial charge in [-0.05, 0) is 26.2 Å². The Morgan fingerprint density at radius 2 is 1.39 bits per heavy atom. The number of aliphatic imine (C=N–C) groups is 1. The van der Waals surface area contributed by atoms with Gasteiger partial charge < -0.3 is 54.2 Å². The molecule has 0 bridgehead atoms. The zero-order valence-electron chi connectivity index (χ0n) is 19.7. The molecule has 0 aliphatic carbocycles. The molecular formula is C19H34N8O9. The van der Waals surface area contributed by atoms with Crippen LogP contribution < -0.4 is 38.9 Å². The summed E-state index contributed by atoms with van der Waals surface area (Å²) in [5.74, 6) is -6.84. The van der Waals surface area contributed by atoms with Crippen LogP contribution in [0.1, 0.15) is 39.0 Å². The molecule has 0 radical (unpaired) electrons. The van der Waals surface area contributed by atoms with Gasteiger partial charge in [-0.3, -0.25) is 29.0 Å². The third-order valence-electron chi connectivity index (χ3n) is 4.67. The quantitative estimate of drug-likeness (QED) is 0.0491. The number of hydrogen-bond acceptors (Lipinski definition) is 9. The lowest BCUT2D eigenvalue weighted by Crippen LogP contribution is -2.58. The maximum absolute atomic E-state index is 12.9. The lowest BCUT2D eigenvalue weighted by atomic mass is 10.1. The summed E-state index contributed by atoms with van der Waals surface area (Å²) in [6.45, 7) is 1.20. The van der Waals surface area contributed by atoms with Gasteiger partial charge in [-0.15, -0.1) is 0 Å². The van der Waals surface area contributed by atoms with Crippen molar-refractivity contribution in [2.24, 2.45) is 27.9 Å². The zero-order valence-corrected chi connectivity index (χ0v) is 19.7. The fourth-order valence-corrected chi connectivity index (χ4v) is 2.80. The summed E-state index contributed by atoms with van der Waals surface area (Å²) in [7, 11) is 0. The van der Waals surface area contributed by atoms with Crippen LogP contribution in [0, 0.1) is 0 Å². The molecule has 0 aliphatic heterocycles. The molecule has 5 atom stereocenters. The van der Waals surface area contributed by atoms with E-state index >= 15 is 0 Å². The first-order valence-electron chi connectivity index (χ1n) is 10.8. The summed E-state index contributed by atoms with van der Waals surface area (Å²) in [6, 6.07) is -6.00. The van der Waals surface area contributed by atoms with E-state index in [2.05, 4.69) is 20.9 Å². The van der Waals surface area contributed by atoms with Gasteiger partial charge in [0, 0.05) is 13.0 Å². The molecule has 0 heterocycles. The van der Waals surface area contributed by atoms with Crippen molar-refractivity contribution in [3.63, 3.8) is 0 Å². The monoisotopic (exact) mass is 518 g/mol. The molecule has 0 saturated heterocycles. The Balaban J connectivity index is 5.70. The number of carboxylic acids is 2. The Morgan fingerprint density at radius 3 is 1.86 bits per heavy atom. The Labute approximate surface area is 206 Å². The molecule has 0 rings (SSSR count). The molecule has 204 valence electrons. The number of aliphatic carboxylic acids is 2. The minimum Gasteiger partial charge on any atom is -0.481 e. The number of aliphatic hydroxyl groups excluding tert-OH is 1. The number of nitrogens with zero attached hydrogens (tertiary/aromatic N) is 1. The number of rotatable bonds is 17. The Morgan fingerprint density at radius 1 is 0.861 bits per heavy atom. The molecule has 36 heavy (non-hydrogen) atoms. The minimum absolute atomic E-state index is 0.0621. The van der Waals surface area contributed by atoms with Crippen LogP contribution in [0.4, 0.5) is 0 Å². The van der Waals surface area contributed by atoms with Crippen LogP contribution >= 0.6 is 0 Å². The number of carbonyl (C=O) groups excluding carboxylic acids is 4. The highest BCUT2D eigenvalue weighted by atomic mass is 16.4. The van der Waals surface area contributed by atoms with E-state index in [1.807, 2.05) is 0 Å². The number of guanidine groups is 1. The number of hydrogen-bond donors (Lipinski definition) is 10. The summed E-state index contributed by atoms with van der Waals surface area (Å²) >= 11 is 0. The lowest BCUT2D eigenvalue weighted by molar-refractivity contribution is -0.145. The first-order chi connectivity index (χ1) is 16.6. The van der Waals surface area contributed by atoms with Gasteiger partial charge in [0.15, 0.2) is 12.0 Å². The number of nitrogens with two attached hydrogens (primary N) is 4. The zero-order chi connectivity index (χ0) is 28.0. The predicted molar refractivity (Wildman–Crippen MR) is 124 cm³/mol. The summed E-state index contributed by atoms with van der Waals surface area (Å²) in [5, 5.41) is 34.3. The van der Waals surface area contributed by atoms with Gasteiger partial charge in [-0.25, -0.2) is 4.79 Å². The van der Waals surface area contributed by atoms with Crippen molar-refractivity contribution in [2.45, 2.75) is 69.3 Å². The number of carbonyl (C=O) groups is 6. The molecule has 0 aromatic carbocycles. The molecule has 0 fully saturated rings. The Hall–Kier alpha value is -3.99. The molecule has 4 amide bonds. The molecule has 14 N–H and O–H groups in total. The fourth-order valence-electron chi connectivity index (χ4n) is 2.80. The second-order valence-corrected chi connectivity index (χ2v) is 7.85. The molecule has 0 aliphatic rings.